The quantitative estimate of drug-likeness (QED) is 0.598. The molecule has 1 atom stereocenters. The van der Waals surface area contributed by atoms with Crippen molar-refractivity contribution in [3.8, 4) is 5.75 Å². The Morgan fingerprint density at radius 1 is 1.22 bits per heavy atom. The number of carbonyl (C=O) groups is 2. The van der Waals surface area contributed by atoms with Gasteiger partial charge in [-0.3, -0.25) is 9.59 Å². The Kier molecular flexibility index (Phi) is 8.15. The summed E-state index contributed by atoms with van der Waals surface area (Å²) in [5.74, 6) is 0.638. The lowest BCUT2D eigenvalue weighted by Gasteiger charge is -2.42. The predicted octanol–water partition coefficient (Wildman–Crippen LogP) is 4.08. The lowest BCUT2D eigenvalue weighted by molar-refractivity contribution is -0.165. The molecule has 7 heteroatoms. The third-order valence-electron chi connectivity index (χ3n) is 5.70. The standard InChI is InChI=1S/C25H31ClN2O4/c1-4-23(29)28-12-13-32-25(17-28,18-31-21-10-11-22(26)19(2)14-21)15-24(30)27(3)16-20-8-6-5-7-9-20/h5-11,14H,4,12-13,15-18H2,1-3H3/t25-/m1/s1. The van der Waals surface area contributed by atoms with E-state index >= 15 is 0 Å². The van der Waals surface area contributed by atoms with Crippen LogP contribution in [0.4, 0.5) is 0 Å². The Hall–Kier alpha value is -2.57. The fourth-order valence-corrected chi connectivity index (χ4v) is 3.92. The minimum atomic E-state index is -0.918. The molecule has 0 unspecified atom stereocenters. The third-order valence-corrected chi connectivity index (χ3v) is 6.12. The summed E-state index contributed by atoms with van der Waals surface area (Å²) in [6.07, 6.45) is 0.533. The molecule has 1 aliphatic rings. The number of ether oxygens (including phenoxy) is 2. The van der Waals surface area contributed by atoms with E-state index in [4.69, 9.17) is 21.1 Å². The zero-order valence-corrected chi connectivity index (χ0v) is 19.7. The van der Waals surface area contributed by atoms with Crippen molar-refractivity contribution in [3.05, 3.63) is 64.7 Å². The fraction of sp³-hybridized carbons (Fsp3) is 0.440. The molecule has 32 heavy (non-hydrogen) atoms. The Bertz CT molecular complexity index is 937. The number of aryl methyl sites for hydroxylation is 1. The van der Waals surface area contributed by atoms with Gasteiger partial charge in [0.25, 0.3) is 0 Å². The highest BCUT2D eigenvalue weighted by Gasteiger charge is 2.41. The van der Waals surface area contributed by atoms with Crippen molar-refractivity contribution in [2.24, 2.45) is 0 Å². The van der Waals surface area contributed by atoms with Gasteiger partial charge in [0.15, 0.2) is 0 Å². The molecular formula is C25H31ClN2O4. The monoisotopic (exact) mass is 458 g/mol. The molecule has 0 spiro atoms. The van der Waals surface area contributed by atoms with Crippen LogP contribution in [0.2, 0.25) is 5.02 Å². The molecule has 2 aromatic rings. The largest absolute Gasteiger partial charge is 0.490 e. The number of morpholine rings is 1. The number of hydrogen-bond donors (Lipinski definition) is 0. The van der Waals surface area contributed by atoms with Gasteiger partial charge in [0.1, 0.15) is 18.0 Å². The number of carbonyl (C=O) groups excluding carboxylic acids is 2. The molecule has 172 valence electrons. The van der Waals surface area contributed by atoms with Crippen LogP contribution in [0.15, 0.2) is 48.5 Å². The second-order valence-electron chi connectivity index (χ2n) is 8.31. The molecule has 1 aliphatic heterocycles. The summed E-state index contributed by atoms with van der Waals surface area (Å²) >= 11 is 6.12. The van der Waals surface area contributed by atoms with Crippen molar-refractivity contribution < 1.29 is 19.1 Å². The highest BCUT2D eigenvalue weighted by molar-refractivity contribution is 6.31. The maximum atomic E-state index is 13.1. The van der Waals surface area contributed by atoms with Gasteiger partial charge in [-0.2, -0.15) is 0 Å². The number of halogens is 1. The van der Waals surface area contributed by atoms with Gasteiger partial charge >= 0.3 is 0 Å². The van der Waals surface area contributed by atoms with Gasteiger partial charge in [-0.25, -0.2) is 0 Å². The van der Waals surface area contributed by atoms with E-state index in [-0.39, 0.29) is 24.8 Å². The molecule has 3 rings (SSSR count). The maximum absolute atomic E-state index is 13.1. The van der Waals surface area contributed by atoms with Crippen molar-refractivity contribution in [2.45, 2.75) is 38.8 Å². The molecule has 0 N–H and O–H groups in total. The van der Waals surface area contributed by atoms with Gasteiger partial charge in [0, 0.05) is 31.6 Å². The first-order valence-electron chi connectivity index (χ1n) is 10.9. The van der Waals surface area contributed by atoms with E-state index < -0.39 is 5.60 Å². The lowest BCUT2D eigenvalue weighted by Crippen LogP contribution is -2.58. The van der Waals surface area contributed by atoms with Gasteiger partial charge < -0.3 is 19.3 Å². The smallest absolute Gasteiger partial charge is 0.225 e. The molecule has 6 nitrogen and oxygen atoms in total. The zero-order chi connectivity index (χ0) is 23.1. The molecule has 1 fully saturated rings. The highest BCUT2D eigenvalue weighted by Crippen LogP contribution is 2.27. The number of rotatable bonds is 8. The highest BCUT2D eigenvalue weighted by atomic mass is 35.5. The minimum Gasteiger partial charge on any atom is -0.490 e. The molecule has 0 aliphatic carbocycles. The normalized spacial score (nSPS) is 18.3. The summed E-state index contributed by atoms with van der Waals surface area (Å²) in [4.78, 5) is 29.0. The van der Waals surface area contributed by atoms with Gasteiger partial charge in [0.05, 0.1) is 19.6 Å². The van der Waals surface area contributed by atoms with Crippen molar-refractivity contribution in [2.75, 3.05) is 33.4 Å². The Balaban J connectivity index is 1.75. The molecule has 2 aromatic carbocycles. The Morgan fingerprint density at radius 3 is 2.66 bits per heavy atom. The second-order valence-corrected chi connectivity index (χ2v) is 8.72. The van der Waals surface area contributed by atoms with E-state index in [0.29, 0.717) is 43.4 Å². The molecular weight excluding hydrogens is 428 g/mol. The van der Waals surface area contributed by atoms with Crippen molar-refractivity contribution >= 4 is 23.4 Å². The van der Waals surface area contributed by atoms with E-state index in [0.717, 1.165) is 11.1 Å². The Labute approximate surface area is 195 Å². The SMILES string of the molecule is CCC(=O)N1CCO[C@](COc2ccc(Cl)c(C)c2)(CC(=O)N(C)Cc2ccccc2)C1. The number of nitrogens with zero attached hydrogens (tertiary/aromatic N) is 2. The van der Waals surface area contributed by atoms with E-state index in [2.05, 4.69) is 0 Å². The molecule has 0 saturated carbocycles. The first-order chi connectivity index (χ1) is 15.3. The summed E-state index contributed by atoms with van der Waals surface area (Å²) in [5.41, 5.74) is 1.04. The van der Waals surface area contributed by atoms with Gasteiger partial charge in [-0.15, -0.1) is 0 Å². The topological polar surface area (TPSA) is 59.1 Å². The van der Waals surface area contributed by atoms with Gasteiger partial charge in [0.2, 0.25) is 11.8 Å². The van der Waals surface area contributed by atoms with Gasteiger partial charge in [-0.05, 0) is 36.2 Å². The van der Waals surface area contributed by atoms with E-state index in [1.165, 1.54) is 0 Å². The zero-order valence-electron chi connectivity index (χ0n) is 19.0. The van der Waals surface area contributed by atoms with Crippen molar-refractivity contribution in [1.82, 2.24) is 9.80 Å². The lowest BCUT2D eigenvalue weighted by atomic mass is 9.96. The van der Waals surface area contributed by atoms with Crippen LogP contribution in [-0.2, 0) is 20.9 Å². The third kappa shape index (κ3) is 6.24. The van der Waals surface area contributed by atoms with Crippen LogP contribution in [0.25, 0.3) is 0 Å². The molecule has 0 radical (unpaired) electrons. The number of amides is 2. The summed E-state index contributed by atoms with van der Waals surface area (Å²) in [6, 6.07) is 15.3. The van der Waals surface area contributed by atoms with Crippen LogP contribution < -0.4 is 4.74 Å². The van der Waals surface area contributed by atoms with E-state index in [1.807, 2.05) is 50.2 Å². The molecule has 0 aromatic heterocycles. The van der Waals surface area contributed by atoms with E-state index in [9.17, 15) is 9.59 Å². The van der Waals surface area contributed by atoms with Crippen LogP contribution in [0.1, 0.15) is 30.9 Å². The Morgan fingerprint density at radius 2 is 1.97 bits per heavy atom. The number of hydrogen-bond acceptors (Lipinski definition) is 4. The summed E-state index contributed by atoms with van der Waals surface area (Å²) in [6.45, 7) is 5.61. The average Bonchev–Trinajstić information content (AvgIpc) is 2.80. The summed E-state index contributed by atoms with van der Waals surface area (Å²) in [7, 11) is 1.78. The van der Waals surface area contributed by atoms with E-state index in [1.54, 1.807) is 29.0 Å². The van der Waals surface area contributed by atoms with Gasteiger partial charge in [-0.1, -0.05) is 48.9 Å². The fourth-order valence-electron chi connectivity index (χ4n) is 3.80. The summed E-state index contributed by atoms with van der Waals surface area (Å²) in [5, 5.41) is 0.665. The molecule has 2 amide bonds. The van der Waals surface area contributed by atoms with Crippen LogP contribution in [-0.4, -0.2) is 60.6 Å². The van der Waals surface area contributed by atoms with Crippen molar-refractivity contribution in [3.63, 3.8) is 0 Å². The second kappa shape index (κ2) is 10.8. The molecule has 0 bridgehead atoms. The summed E-state index contributed by atoms with van der Waals surface area (Å²) < 4.78 is 12.2. The van der Waals surface area contributed by atoms with Crippen LogP contribution in [0.3, 0.4) is 0 Å². The van der Waals surface area contributed by atoms with Crippen LogP contribution in [0.5, 0.6) is 5.75 Å². The van der Waals surface area contributed by atoms with Crippen molar-refractivity contribution in [1.29, 1.82) is 0 Å². The van der Waals surface area contributed by atoms with Crippen LogP contribution in [0, 0.1) is 6.92 Å². The average molecular weight is 459 g/mol. The number of benzene rings is 2. The predicted molar refractivity (Wildman–Crippen MR) is 125 cm³/mol. The first kappa shape index (κ1) is 24.1. The molecule has 1 saturated heterocycles. The maximum Gasteiger partial charge on any atom is 0.225 e. The van der Waals surface area contributed by atoms with Crippen LogP contribution >= 0.6 is 11.6 Å². The first-order valence-corrected chi connectivity index (χ1v) is 11.3. The minimum absolute atomic E-state index is 0.0464. The molecule has 1 heterocycles.